The second-order valence-electron chi connectivity index (χ2n) is 6.43. The van der Waals surface area contributed by atoms with Gasteiger partial charge >= 0.3 is 5.97 Å². The van der Waals surface area contributed by atoms with Crippen LogP contribution in [-0.2, 0) is 4.74 Å². The number of para-hydroxylation sites is 1. The van der Waals surface area contributed by atoms with Crippen LogP contribution in [0.1, 0.15) is 32.5 Å². The summed E-state index contributed by atoms with van der Waals surface area (Å²) in [5.74, 6) is -0.652. The first-order valence-corrected chi connectivity index (χ1v) is 11.6. The first-order chi connectivity index (χ1) is 14.5. The molecule has 0 unspecified atom stereocenters. The fourth-order valence-electron chi connectivity index (χ4n) is 3.03. The Bertz CT molecular complexity index is 1230. The summed E-state index contributed by atoms with van der Waals surface area (Å²) in [6.45, 7) is 3.91. The standard InChI is InChI=1S/C22H17BrN2O3S2/c1-3-28-22(27)18-12(2)17(20-24-15-9-4-5-10-16(15)29-20)21(30-18)25-19(26)13-7-6-8-14(23)11-13/h4-11H,3H2,1-2H3,(H,25,26). The number of esters is 1. The van der Waals surface area contributed by atoms with Crippen molar-refractivity contribution in [1.82, 2.24) is 4.98 Å². The third-order valence-electron chi connectivity index (χ3n) is 4.43. The predicted octanol–water partition coefficient (Wildman–Crippen LogP) is 6.52. The number of hydrogen-bond acceptors (Lipinski definition) is 6. The molecule has 8 heteroatoms. The molecule has 152 valence electrons. The molecule has 5 nitrogen and oxygen atoms in total. The van der Waals surface area contributed by atoms with Gasteiger partial charge in [-0.2, -0.15) is 0 Å². The van der Waals surface area contributed by atoms with Crippen molar-refractivity contribution in [2.75, 3.05) is 11.9 Å². The van der Waals surface area contributed by atoms with Crippen LogP contribution >= 0.6 is 38.6 Å². The Morgan fingerprint density at radius 1 is 1.13 bits per heavy atom. The molecule has 2 aromatic carbocycles. The summed E-state index contributed by atoms with van der Waals surface area (Å²) in [5.41, 5.74) is 2.91. The van der Waals surface area contributed by atoms with Crippen molar-refractivity contribution >= 4 is 65.7 Å². The van der Waals surface area contributed by atoms with Gasteiger partial charge in [0.2, 0.25) is 0 Å². The minimum atomic E-state index is -0.398. The number of ether oxygens (including phenoxy) is 1. The van der Waals surface area contributed by atoms with Gasteiger partial charge in [-0.25, -0.2) is 9.78 Å². The van der Waals surface area contributed by atoms with E-state index in [2.05, 4.69) is 21.2 Å². The normalized spacial score (nSPS) is 10.9. The van der Waals surface area contributed by atoms with Crippen LogP contribution in [0.5, 0.6) is 0 Å². The van der Waals surface area contributed by atoms with Crippen molar-refractivity contribution in [1.29, 1.82) is 0 Å². The van der Waals surface area contributed by atoms with Crippen molar-refractivity contribution in [3.05, 3.63) is 69.0 Å². The molecule has 2 aromatic heterocycles. The number of nitrogens with one attached hydrogen (secondary N) is 1. The minimum absolute atomic E-state index is 0.254. The van der Waals surface area contributed by atoms with Crippen molar-refractivity contribution in [3.63, 3.8) is 0 Å². The molecular formula is C22H17BrN2O3S2. The zero-order valence-electron chi connectivity index (χ0n) is 16.2. The molecule has 1 N–H and O–H groups in total. The van der Waals surface area contributed by atoms with E-state index in [0.29, 0.717) is 15.4 Å². The first-order valence-electron chi connectivity index (χ1n) is 9.21. The van der Waals surface area contributed by atoms with E-state index < -0.39 is 5.97 Å². The predicted molar refractivity (Wildman–Crippen MR) is 126 cm³/mol. The summed E-state index contributed by atoms with van der Waals surface area (Å²) in [4.78, 5) is 30.6. The smallest absolute Gasteiger partial charge is 0.348 e. The van der Waals surface area contributed by atoms with Crippen LogP contribution in [0.3, 0.4) is 0 Å². The van der Waals surface area contributed by atoms with E-state index in [0.717, 1.165) is 30.8 Å². The van der Waals surface area contributed by atoms with E-state index in [-0.39, 0.29) is 12.5 Å². The molecule has 1 amide bonds. The maximum absolute atomic E-state index is 12.9. The molecule has 0 spiro atoms. The largest absolute Gasteiger partial charge is 0.462 e. The number of carbonyl (C=O) groups excluding carboxylic acids is 2. The molecule has 0 atom stereocenters. The van der Waals surface area contributed by atoms with Crippen LogP contribution < -0.4 is 5.32 Å². The highest BCUT2D eigenvalue weighted by Crippen LogP contribution is 2.43. The number of anilines is 1. The molecule has 30 heavy (non-hydrogen) atoms. The number of rotatable bonds is 5. The van der Waals surface area contributed by atoms with Crippen LogP contribution in [0.25, 0.3) is 20.8 Å². The molecule has 0 saturated carbocycles. The monoisotopic (exact) mass is 500 g/mol. The van der Waals surface area contributed by atoms with Crippen LogP contribution in [-0.4, -0.2) is 23.5 Å². The second-order valence-corrected chi connectivity index (χ2v) is 9.40. The lowest BCUT2D eigenvalue weighted by atomic mass is 10.1. The summed E-state index contributed by atoms with van der Waals surface area (Å²) in [6, 6.07) is 15.0. The van der Waals surface area contributed by atoms with Crippen LogP contribution in [0.4, 0.5) is 5.00 Å². The zero-order valence-corrected chi connectivity index (χ0v) is 19.4. The van der Waals surface area contributed by atoms with E-state index in [9.17, 15) is 9.59 Å². The molecule has 0 aliphatic carbocycles. The average molecular weight is 501 g/mol. The molecule has 4 aromatic rings. The lowest BCUT2D eigenvalue weighted by Crippen LogP contribution is -2.11. The number of aromatic nitrogens is 1. The number of thiophene rings is 1. The fourth-order valence-corrected chi connectivity index (χ4v) is 5.67. The number of halogens is 1. The Morgan fingerprint density at radius 3 is 2.67 bits per heavy atom. The maximum Gasteiger partial charge on any atom is 0.348 e. The van der Waals surface area contributed by atoms with Crippen molar-refractivity contribution < 1.29 is 14.3 Å². The molecule has 4 rings (SSSR count). The topological polar surface area (TPSA) is 68.3 Å². The maximum atomic E-state index is 12.9. The molecule has 2 heterocycles. The molecular weight excluding hydrogens is 484 g/mol. The highest BCUT2D eigenvalue weighted by atomic mass is 79.9. The molecule has 0 saturated heterocycles. The minimum Gasteiger partial charge on any atom is -0.462 e. The van der Waals surface area contributed by atoms with Gasteiger partial charge < -0.3 is 10.1 Å². The fraction of sp³-hybridized carbons (Fsp3) is 0.136. The Kier molecular flexibility index (Phi) is 5.99. The van der Waals surface area contributed by atoms with Crippen molar-refractivity contribution in [3.8, 4) is 10.6 Å². The van der Waals surface area contributed by atoms with E-state index in [1.807, 2.05) is 37.3 Å². The Hall–Kier alpha value is -2.55. The van der Waals surface area contributed by atoms with Crippen LogP contribution in [0.2, 0.25) is 0 Å². The number of benzene rings is 2. The van der Waals surface area contributed by atoms with Gasteiger partial charge in [0.1, 0.15) is 14.9 Å². The number of thiazole rings is 1. The Morgan fingerprint density at radius 2 is 1.93 bits per heavy atom. The first kappa shape index (κ1) is 20.7. The highest BCUT2D eigenvalue weighted by molar-refractivity contribution is 9.10. The Balaban J connectivity index is 1.80. The Labute approximate surface area is 189 Å². The molecule has 0 aliphatic heterocycles. The highest BCUT2D eigenvalue weighted by Gasteiger charge is 2.25. The zero-order chi connectivity index (χ0) is 21.3. The lowest BCUT2D eigenvalue weighted by molar-refractivity contribution is 0.0531. The number of hydrogen-bond donors (Lipinski definition) is 1. The summed E-state index contributed by atoms with van der Waals surface area (Å²) < 4.78 is 7.07. The number of fused-ring (bicyclic) bond motifs is 1. The van der Waals surface area contributed by atoms with Crippen molar-refractivity contribution in [2.45, 2.75) is 13.8 Å². The summed E-state index contributed by atoms with van der Waals surface area (Å²) in [6.07, 6.45) is 0. The van der Waals surface area contributed by atoms with Crippen LogP contribution in [0, 0.1) is 6.92 Å². The third kappa shape index (κ3) is 4.03. The van der Waals surface area contributed by atoms with Gasteiger partial charge in [0.05, 0.1) is 16.8 Å². The second kappa shape index (κ2) is 8.67. The quantitative estimate of drug-likeness (QED) is 0.316. The number of nitrogens with zero attached hydrogens (tertiary/aromatic N) is 1. The number of carbonyl (C=O) groups is 2. The third-order valence-corrected chi connectivity index (χ3v) is 7.16. The molecule has 0 radical (unpaired) electrons. The van der Waals surface area contributed by atoms with Gasteiger partial charge in [0, 0.05) is 15.6 Å². The summed E-state index contributed by atoms with van der Waals surface area (Å²) in [5, 5.41) is 4.31. The molecule has 0 bridgehead atoms. The van der Waals surface area contributed by atoms with Gasteiger partial charge in [-0.05, 0) is 49.7 Å². The van der Waals surface area contributed by atoms with Crippen LogP contribution in [0.15, 0.2) is 53.0 Å². The van der Waals surface area contributed by atoms with E-state index in [1.54, 1.807) is 25.1 Å². The lowest BCUT2D eigenvalue weighted by Gasteiger charge is -2.06. The van der Waals surface area contributed by atoms with Gasteiger partial charge in [0.25, 0.3) is 5.91 Å². The SMILES string of the molecule is CCOC(=O)c1sc(NC(=O)c2cccc(Br)c2)c(-c2nc3ccccc3s2)c1C. The van der Waals surface area contributed by atoms with Gasteiger partial charge in [-0.1, -0.05) is 34.1 Å². The average Bonchev–Trinajstić information content (AvgIpc) is 3.28. The van der Waals surface area contributed by atoms with E-state index in [4.69, 9.17) is 9.72 Å². The van der Waals surface area contributed by atoms with E-state index in [1.165, 1.54) is 22.7 Å². The number of amides is 1. The van der Waals surface area contributed by atoms with Gasteiger partial charge in [-0.15, -0.1) is 22.7 Å². The molecule has 0 fully saturated rings. The summed E-state index contributed by atoms with van der Waals surface area (Å²) >= 11 is 6.13. The van der Waals surface area contributed by atoms with E-state index >= 15 is 0 Å². The summed E-state index contributed by atoms with van der Waals surface area (Å²) in [7, 11) is 0. The van der Waals surface area contributed by atoms with Crippen molar-refractivity contribution in [2.24, 2.45) is 0 Å². The molecule has 0 aliphatic rings. The van der Waals surface area contributed by atoms with Gasteiger partial charge in [-0.3, -0.25) is 4.79 Å². The van der Waals surface area contributed by atoms with Gasteiger partial charge in [0.15, 0.2) is 0 Å².